The van der Waals surface area contributed by atoms with Crippen LogP contribution in [0.3, 0.4) is 0 Å². The summed E-state index contributed by atoms with van der Waals surface area (Å²) in [5.41, 5.74) is 1.49. The lowest BCUT2D eigenvalue weighted by atomic mass is 9.92. The van der Waals surface area contributed by atoms with E-state index in [9.17, 15) is 9.59 Å². The molecule has 0 atom stereocenters. The summed E-state index contributed by atoms with van der Waals surface area (Å²) in [7, 11) is 0. The molecule has 1 aliphatic rings. The lowest BCUT2D eigenvalue weighted by Gasteiger charge is -2.14. The summed E-state index contributed by atoms with van der Waals surface area (Å²) < 4.78 is 1.02. The number of aromatic amines is 1. The molecule has 0 saturated heterocycles. The van der Waals surface area contributed by atoms with Crippen molar-refractivity contribution < 1.29 is 9.59 Å². The van der Waals surface area contributed by atoms with Crippen LogP contribution >= 0.6 is 34.2 Å². The van der Waals surface area contributed by atoms with Gasteiger partial charge in [-0.2, -0.15) is 0 Å². The second-order valence-corrected chi connectivity index (χ2v) is 7.00. The number of carbonyl (C=O) groups is 2. The van der Waals surface area contributed by atoms with E-state index in [1.165, 1.54) is 0 Å². The first-order valence-electron chi connectivity index (χ1n) is 7.33. The van der Waals surface area contributed by atoms with Crippen molar-refractivity contribution in [1.29, 1.82) is 0 Å². The number of hydrogen-bond acceptors (Lipinski definition) is 4. The van der Waals surface area contributed by atoms with Crippen molar-refractivity contribution in [3.63, 3.8) is 0 Å². The normalized spacial score (nSPS) is 14.0. The molecule has 0 unspecified atom stereocenters. The zero-order valence-electron chi connectivity index (χ0n) is 12.6. The molecule has 5 nitrogen and oxygen atoms in total. The highest BCUT2D eigenvalue weighted by Crippen LogP contribution is 2.34. The van der Waals surface area contributed by atoms with Gasteiger partial charge >= 0.3 is 0 Å². The molecule has 0 fully saturated rings. The van der Waals surface area contributed by atoms with E-state index >= 15 is 0 Å². The Kier molecular flexibility index (Phi) is 4.01. The zero-order valence-corrected chi connectivity index (χ0v) is 15.5. The molecule has 0 amide bonds. The Morgan fingerprint density at radius 3 is 2.44 bits per heavy atom. The van der Waals surface area contributed by atoms with E-state index in [2.05, 4.69) is 37.5 Å². The number of pyridine rings is 1. The number of H-pyrrole nitrogens is 1. The lowest BCUT2D eigenvalue weighted by molar-refractivity contribution is 0.0993. The molecule has 0 spiro atoms. The Morgan fingerprint density at radius 1 is 1.00 bits per heavy atom. The summed E-state index contributed by atoms with van der Waals surface area (Å²) >= 11 is 8.40. The third-order valence-corrected chi connectivity index (χ3v) is 4.91. The maximum atomic E-state index is 12.9. The Labute approximate surface area is 161 Å². The third kappa shape index (κ3) is 2.71. The molecule has 0 saturated carbocycles. The first-order chi connectivity index (χ1) is 12.1. The van der Waals surface area contributed by atoms with Crippen LogP contribution in [0.2, 0.25) is 0 Å². The molecule has 1 N–H and O–H groups in total. The molecule has 3 aromatic rings. The van der Waals surface area contributed by atoms with Crippen molar-refractivity contribution in [2.75, 3.05) is 0 Å². The van der Waals surface area contributed by atoms with Gasteiger partial charge in [0.2, 0.25) is 11.6 Å². The van der Waals surface area contributed by atoms with Gasteiger partial charge in [-0.3, -0.25) is 14.6 Å². The Bertz CT molecular complexity index is 1040. The second kappa shape index (κ2) is 6.20. The van der Waals surface area contributed by atoms with Crippen LogP contribution in [0, 0.1) is 3.57 Å². The fraction of sp³-hybridized carbons (Fsp3) is 0. The molecule has 122 valence electrons. The maximum Gasteiger partial charge on any atom is 0.223 e. The summed E-state index contributed by atoms with van der Waals surface area (Å²) in [6.45, 7) is 0. The van der Waals surface area contributed by atoms with E-state index in [4.69, 9.17) is 11.6 Å². The minimum atomic E-state index is -0.445. The first kappa shape index (κ1) is 16.2. The summed E-state index contributed by atoms with van der Waals surface area (Å²) in [6, 6.07) is 12.6. The van der Waals surface area contributed by atoms with Crippen LogP contribution in [0.1, 0.15) is 26.5 Å². The van der Waals surface area contributed by atoms with Crippen molar-refractivity contribution in [1.82, 2.24) is 15.0 Å². The lowest BCUT2D eigenvalue weighted by Crippen LogP contribution is -2.19. The number of nitrogens with zero attached hydrogens (tertiary/aromatic N) is 2. The maximum absolute atomic E-state index is 12.9. The van der Waals surface area contributed by atoms with Crippen molar-refractivity contribution in [3.8, 4) is 11.5 Å². The van der Waals surface area contributed by atoms with E-state index < -0.39 is 5.78 Å². The highest BCUT2D eigenvalue weighted by atomic mass is 127. The number of halogens is 2. The van der Waals surface area contributed by atoms with Gasteiger partial charge in [0.15, 0.2) is 5.82 Å². The number of rotatable bonds is 2. The van der Waals surface area contributed by atoms with Gasteiger partial charge < -0.3 is 4.98 Å². The highest BCUT2D eigenvalue weighted by Gasteiger charge is 2.35. The van der Waals surface area contributed by atoms with Crippen LogP contribution < -0.4 is 0 Å². The molecular weight excluding hydrogens is 453 g/mol. The molecule has 0 bridgehead atoms. The van der Waals surface area contributed by atoms with Crippen LogP contribution in [-0.4, -0.2) is 26.5 Å². The number of carbonyl (C=O) groups excluding carboxylic acids is 2. The summed E-state index contributed by atoms with van der Waals surface area (Å²) in [5, 5.41) is -0.102. The summed E-state index contributed by atoms with van der Waals surface area (Å²) in [6.07, 6.45) is 1.61. The highest BCUT2D eigenvalue weighted by molar-refractivity contribution is 14.1. The monoisotopic (exact) mass is 461 g/mol. The van der Waals surface area contributed by atoms with Gasteiger partial charge in [0.25, 0.3) is 0 Å². The van der Waals surface area contributed by atoms with Gasteiger partial charge in [-0.15, -0.1) is 0 Å². The van der Waals surface area contributed by atoms with Gasteiger partial charge in [-0.1, -0.05) is 29.8 Å². The number of Topliss-reactive ketones (excluding diaryl/α,β-unsaturated/α-hetero) is 2. The molecule has 1 aliphatic carbocycles. The van der Waals surface area contributed by atoms with Crippen LogP contribution in [0.15, 0.2) is 53.7 Å². The van der Waals surface area contributed by atoms with Gasteiger partial charge in [0, 0.05) is 9.77 Å². The quantitative estimate of drug-likeness (QED) is 0.583. The molecule has 0 radical (unpaired) electrons. The van der Waals surface area contributed by atoms with Crippen molar-refractivity contribution >= 4 is 51.3 Å². The molecule has 4 rings (SSSR count). The van der Waals surface area contributed by atoms with E-state index in [1.807, 2.05) is 12.1 Å². The fourth-order valence-corrected chi connectivity index (χ4v) is 3.29. The van der Waals surface area contributed by atoms with Crippen LogP contribution in [0.5, 0.6) is 0 Å². The Balaban J connectivity index is 1.84. The van der Waals surface area contributed by atoms with Gasteiger partial charge in [-0.25, -0.2) is 4.98 Å². The SMILES string of the molecule is O=C1C(c2ccc(I)cc2)=C(Cl)C(=O)c2[nH]c(-c3ccccn3)nc21. The first-order valence-corrected chi connectivity index (χ1v) is 8.78. The minimum Gasteiger partial charge on any atom is -0.333 e. The molecule has 0 aliphatic heterocycles. The van der Waals surface area contributed by atoms with Gasteiger partial charge in [0.1, 0.15) is 22.1 Å². The molecule has 2 aromatic heterocycles. The van der Waals surface area contributed by atoms with Crippen LogP contribution in [0.4, 0.5) is 0 Å². The van der Waals surface area contributed by atoms with Crippen LogP contribution in [-0.2, 0) is 0 Å². The van der Waals surface area contributed by atoms with Crippen molar-refractivity contribution in [2.24, 2.45) is 0 Å². The minimum absolute atomic E-state index is 0.0728. The van der Waals surface area contributed by atoms with Gasteiger partial charge in [0.05, 0.1) is 5.57 Å². The molecule has 25 heavy (non-hydrogen) atoms. The third-order valence-electron chi connectivity index (χ3n) is 3.83. The number of fused-ring (bicyclic) bond motifs is 1. The molecule has 2 heterocycles. The van der Waals surface area contributed by atoms with Gasteiger partial charge in [-0.05, 0) is 52.4 Å². The number of hydrogen-bond donors (Lipinski definition) is 1. The molecular formula is C18H9ClIN3O2. The number of nitrogens with one attached hydrogen (secondary N) is 1. The Hall–Kier alpha value is -2.32. The standard InChI is InChI=1S/C18H9ClIN3O2/c19-13-12(9-4-6-10(20)7-5-9)16(24)14-15(17(13)25)23-18(22-14)11-3-1-2-8-21-11/h1-8H,(H,22,23). The van der Waals surface area contributed by atoms with E-state index in [-0.39, 0.29) is 27.8 Å². The van der Waals surface area contributed by atoms with Crippen LogP contribution in [0.25, 0.3) is 17.1 Å². The van der Waals surface area contributed by atoms with E-state index in [0.29, 0.717) is 17.1 Å². The number of aromatic nitrogens is 3. The largest absolute Gasteiger partial charge is 0.333 e. The topological polar surface area (TPSA) is 75.7 Å². The average molecular weight is 462 g/mol. The zero-order chi connectivity index (χ0) is 17.6. The number of benzene rings is 1. The average Bonchev–Trinajstić information content (AvgIpc) is 3.08. The van der Waals surface area contributed by atoms with E-state index in [1.54, 1.807) is 36.5 Å². The predicted octanol–water partition coefficient (Wildman–Crippen LogP) is 4.11. The second-order valence-electron chi connectivity index (χ2n) is 5.38. The number of imidazole rings is 1. The number of allylic oxidation sites excluding steroid dienone is 2. The Morgan fingerprint density at radius 2 is 1.76 bits per heavy atom. The molecule has 7 heteroatoms. The molecule has 1 aromatic carbocycles. The van der Waals surface area contributed by atoms with Crippen molar-refractivity contribution in [2.45, 2.75) is 0 Å². The van der Waals surface area contributed by atoms with E-state index in [0.717, 1.165) is 3.57 Å². The predicted molar refractivity (Wildman–Crippen MR) is 102 cm³/mol. The summed E-state index contributed by atoms with van der Waals surface area (Å²) in [5.74, 6) is -0.459. The number of ketones is 2. The van der Waals surface area contributed by atoms with Crippen molar-refractivity contribution in [3.05, 3.63) is 74.2 Å². The fourth-order valence-electron chi connectivity index (χ4n) is 2.64. The summed E-state index contributed by atoms with van der Waals surface area (Å²) in [4.78, 5) is 36.9. The smallest absolute Gasteiger partial charge is 0.223 e.